The molecule has 1 unspecified atom stereocenters. The van der Waals surface area contributed by atoms with E-state index < -0.39 is 36.3 Å². The minimum absolute atomic E-state index is 0.0310. The summed E-state index contributed by atoms with van der Waals surface area (Å²) in [6.45, 7) is 4.53. The molecule has 0 spiro atoms. The molecule has 6 rings (SSSR count). The molecule has 13 nitrogen and oxygen atoms in total. The van der Waals surface area contributed by atoms with Crippen molar-refractivity contribution in [2.24, 2.45) is 0 Å². The second kappa shape index (κ2) is 10.8. The fourth-order valence-corrected chi connectivity index (χ4v) is 4.93. The predicted molar refractivity (Wildman–Crippen MR) is 142 cm³/mol. The first-order valence-electron chi connectivity index (χ1n) is 13.1. The molecule has 2 saturated heterocycles. The van der Waals surface area contributed by atoms with Gasteiger partial charge in [0.25, 0.3) is 12.3 Å². The molecule has 3 aromatic heterocycles. The fraction of sp³-hybridized carbons (Fsp3) is 0.333. The largest absolute Gasteiger partial charge is 0.516 e. The molecule has 2 bridgehead atoms. The molecule has 0 aliphatic carbocycles. The Balaban J connectivity index is 1.21. The molecule has 1 aromatic carbocycles. The summed E-state index contributed by atoms with van der Waals surface area (Å²) in [5.41, 5.74) is -0.141. The van der Waals surface area contributed by atoms with Crippen molar-refractivity contribution in [1.29, 1.82) is 0 Å². The number of hydrogen-bond acceptors (Lipinski definition) is 10. The minimum Gasteiger partial charge on any atom is -0.431 e. The topological polar surface area (TPSA) is 142 Å². The maximum absolute atomic E-state index is 13.9. The molecule has 0 saturated carbocycles. The maximum atomic E-state index is 13.9. The summed E-state index contributed by atoms with van der Waals surface area (Å²) < 4.78 is 45.4. The van der Waals surface area contributed by atoms with Crippen molar-refractivity contribution < 1.29 is 37.4 Å². The van der Waals surface area contributed by atoms with E-state index in [9.17, 15) is 23.2 Å². The van der Waals surface area contributed by atoms with Gasteiger partial charge in [-0.05, 0) is 50.6 Å². The Morgan fingerprint density at radius 3 is 2.60 bits per heavy atom. The van der Waals surface area contributed by atoms with E-state index in [2.05, 4.69) is 30.1 Å². The summed E-state index contributed by atoms with van der Waals surface area (Å²) in [5, 5.41) is 10.6. The number of carbonyl (C=O) groups is 3. The zero-order chi connectivity index (χ0) is 29.5. The van der Waals surface area contributed by atoms with Crippen LogP contribution < -0.4 is 10.2 Å². The van der Waals surface area contributed by atoms with E-state index in [1.807, 2.05) is 6.07 Å². The van der Waals surface area contributed by atoms with Gasteiger partial charge in [-0.1, -0.05) is 0 Å². The standard InChI is InChI=1S/C27H25F2N7O6/c1-14(2)41-27(39)42-26(38)15-3-5-16(6-4-15)36-12-20(22(33-36)23(28)29)31-25(37)19-10-30-35-8-7-21(32-24(19)35)34-11-18-9-17(34)13-40-18/h3-8,10,12,14,17-18,23H,9,11,13H2,1-2H3,(H,31,37)/t17?,18-/m1/s1. The van der Waals surface area contributed by atoms with E-state index in [4.69, 9.17) is 9.47 Å². The fourth-order valence-electron chi connectivity index (χ4n) is 4.93. The Hall–Kier alpha value is -4.92. The van der Waals surface area contributed by atoms with Crippen LogP contribution in [-0.2, 0) is 14.2 Å². The van der Waals surface area contributed by atoms with Crippen LogP contribution in [0.1, 0.15) is 53.1 Å². The van der Waals surface area contributed by atoms with Crippen LogP contribution in [0.4, 0.5) is 25.1 Å². The van der Waals surface area contributed by atoms with Crippen molar-refractivity contribution in [2.75, 3.05) is 23.4 Å². The Kier molecular flexibility index (Phi) is 7.02. The maximum Gasteiger partial charge on any atom is 0.516 e. The first kappa shape index (κ1) is 27.3. The van der Waals surface area contributed by atoms with E-state index in [1.165, 1.54) is 41.2 Å². The molecule has 1 amide bonds. The molecule has 218 valence electrons. The van der Waals surface area contributed by atoms with E-state index in [-0.39, 0.29) is 34.6 Å². The van der Waals surface area contributed by atoms with Crippen LogP contribution in [0.15, 0.2) is 48.9 Å². The molecule has 2 fully saturated rings. The summed E-state index contributed by atoms with van der Waals surface area (Å²) >= 11 is 0. The van der Waals surface area contributed by atoms with Crippen LogP contribution in [-0.4, -0.2) is 73.8 Å². The number of halogens is 2. The Morgan fingerprint density at radius 1 is 1.14 bits per heavy atom. The van der Waals surface area contributed by atoms with Crippen molar-refractivity contribution in [2.45, 2.75) is 44.9 Å². The van der Waals surface area contributed by atoms with Crippen molar-refractivity contribution in [3.05, 3.63) is 65.7 Å². The third-order valence-corrected chi connectivity index (χ3v) is 6.87. The summed E-state index contributed by atoms with van der Waals surface area (Å²) in [6.07, 6.45) is 0.723. The second-order valence-corrected chi connectivity index (χ2v) is 10.1. The average molecular weight is 582 g/mol. The zero-order valence-electron chi connectivity index (χ0n) is 22.4. The van der Waals surface area contributed by atoms with Gasteiger partial charge in [-0.3, -0.25) is 4.79 Å². The van der Waals surface area contributed by atoms with Crippen molar-refractivity contribution in [3.63, 3.8) is 0 Å². The Bertz CT molecular complexity index is 1670. The number of esters is 1. The lowest BCUT2D eigenvalue weighted by Gasteiger charge is -2.27. The summed E-state index contributed by atoms with van der Waals surface area (Å²) in [7, 11) is 0. The molecule has 2 aliphatic rings. The summed E-state index contributed by atoms with van der Waals surface area (Å²) in [4.78, 5) is 43.8. The monoisotopic (exact) mass is 581 g/mol. The molecule has 4 aromatic rings. The highest BCUT2D eigenvalue weighted by molar-refractivity contribution is 6.08. The highest BCUT2D eigenvalue weighted by Gasteiger charge is 2.39. The van der Waals surface area contributed by atoms with E-state index in [1.54, 1.807) is 20.0 Å². The first-order valence-corrected chi connectivity index (χ1v) is 13.1. The Labute approximate surface area is 237 Å². The average Bonchev–Trinajstić information content (AvgIpc) is 3.75. The molecule has 0 radical (unpaired) electrons. The number of alkyl halides is 2. The number of fused-ring (bicyclic) bond motifs is 3. The van der Waals surface area contributed by atoms with Crippen molar-refractivity contribution >= 4 is 35.2 Å². The number of rotatable bonds is 7. The number of anilines is 2. The smallest absolute Gasteiger partial charge is 0.431 e. The lowest BCUT2D eigenvalue weighted by molar-refractivity contribution is 0.0283. The quantitative estimate of drug-likeness (QED) is 0.253. The molecule has 15 heteroatoms. The van der Waals surface area contributed by atoms with Crippen molar-refractivity contribution in [3.8, 4) is 5.69 Å². The number of nitrogens with zero attached hydrogens (tertiary/aromatic N) is 6. The van der Waals surface area contributed by atoms with Gasteiger partial charge in [0.15, 0.2) is 11.3 Å². The van der Waals surface area contributed by atoms with Gasteiger partial charge in [-0.25, -0.2) is 32.6 Å². The molecule has 1 N–H and O–H groups in total. The number of nitrogens with one attached hydrogen (secondary N) is 1. The number of amides is 1. The van der Waals surface area contributed by atoms with Crippen molar-refractivity contribution in [1.82, 2.24) is 24.4 Å². The summed E-state index contributed by atoms with van der Waals surface area (Å²) in [5.74, 6) is -0.948. The number of aromatic nitrogens is 5. The normalized spacial score (nSPS) is 17.8. The van der Waals surface area contributed by atoms with E-state index in [0.29, 0.717) is 24.7 Å². The second-order valence-electron chi connectivity index (χ2n) is 10.1. The zero-order valence-corrected chi connectivity index (χ0v) is 22.4. The van der Waals surface area contributed by atoms with E-state index in [0.717, 1.165) is 11.1 Å². The predicted octanol–water partition coefficient (Wildman–Crippen LogP) is 3.78. The van der Waals surface area contributed by atoms with Gasteiger partial charge in [-0.2, -0.15) is 10.2 Å². The SMILES string of the molecule is CC(C)OC(=O)OC(=O)c1ccc(-n2cc(NC(=O)c3cnn4ccc(N5C[C@H]6CC5CO6)nc34)c(C(F)F)n2)cc1. The van der Waals surface area contributed by atoms with Gasteiger partial charge < -0.3 is 24.4 Å². The molecule has 42 heavy (non-hydrogen) atoms. The first-order chi connectivity index (χ1) is 20.2. The van der Waals surface area contributed by atoms with Gasteiger partial charge in [0.2, 0.25) is 0 Å². The van der Waals surface area contributed by atoms with Crippen LogP contribution >= 0.6 is 0 Å². The van der Waals surface area contributed by atoms with Crippen LogP contribution in [0.25, 0.3) is 11.3 Å². The highest BCUT2D eigenvalue weighted by Crippen LogP contribution is 2.32. The number of ether oxygens (including phenoxy) is 3. The van der Waals surface area contributed by atoms with Gasteiger partial charge in [0.1, 0.15) is 11.4 Å². The van der Waals surface area contributed by atoms with Gasteiger partial charge >= 0.3 is 12.1 Å². The third kappa shape index (κ3) is 5.25. The number of benzene rings is 1. The molecule has 2 aliphatic heterocycles. The number of hydrogen-bond donors (Lipinski definition) is 1. The van der Waals surface area contributed by atoms with E-state index >= 15 is 0 Å². The number of carbonyl (C=O) groups excluding carboxylic acids is 3. The summed E-state index contributed by atoms with van der Waals surface area (Å²) in [6, 6.07) is 7.54. The van der Waals surface area contributed by atoms with Gasteiger partial charge in [0.05, 0.1) is 54.2 Å². The van der Waals surface area contributed by atoms with Crippen LogP contribution in [0.5, 0.6) is 0 Å². The molecular formula is C27H25F2N7O6. The highest BCUT2D eigenvalue weighted by atomic mass is 19.3. The lowest BCUT2D eigenvalue weighted by atomic mass is 10.2. The number of morpholine rings is 1. The minimum atomic E-state index is -3.00. The van der Waals surface area contributed by atoms with Crippen LogP contribution in [0.2, 0.25) is 0 Å². The Morgan fingerprint density at radius 2 is 1.93 bits per heavy atom. The van der Waals surface area contributed by atoms with Gasteiger partial charge in [-0.15, -0.1) is 0 Å². The molecule has 5 heterocycles. The van der Waals surface area contributed by atoms with Gasteiger partial charge in [0, 0.05) is 12.7 Å². The molecule has 2 atom stereocenters. The van der Waals surface area contributed by atoms with Crippen LogP contribution in [0.3, 0.4) is 0 Å². The molecular weight excluding hydrogens is 556 g/mol. The lowest BCUT2D eigenvalue weighted by Crippen LogP contribution is -2.37. The third-order valence-electron chi connectivity index (χ3n) is 6.87. The van der Waals surface area contributed by atoms with Crippen LogP contribution in [0, 0.1) is 0 Å².